The van der Waals surface area contributed by atoms with E-state index in [1.807, 2.05) is 47.8 Å². The Bertz CT molecular complexity index is 1360. The first kappa shape index (κ1) is 18.8. The first-order chi connectivity index (χ1) is 14.7. The molecule has 0 fully saturated rings. The van der Waals surface area contributed by atoms with Crippen LogP contribution in [0.5, 0.6) is 0 Å². The molecule has 0 unspecified atom stereocenters. The molecule has 6 heteroatoms. The van der Waals surface area contributed by atoms with E-state index in [1.165, 1.54) is 16.7 Å². The molecule has 5 rings (SSSR count). The second kappa shape index (κ2) is 7.89. The zero-order chi connectivity index (χ0) is 20.5. The van der Waals surface area contributed by atoms with Gasteiger partial charge < -0.3 is 4.42 Å². The topological polar surface area (TPSA) is 55.1 Å². The number of anilines is 1. The minimum absolute atomic E-state index is 0.246. The third-order valence-corrected chi connectivity index (χ3v) is 6.01. The molecule has 2 aromatic heterocycles. The van der Waals surface area contributed by atoms with Crippen LogP contribution in [0.3, 0.4) is 0 Å². The Balaban J connectivity index is 1.33. The van der Waals surface area contributed by atoms with Gasteiger partial charge >= 0.3 is 0 Å². The summed E-state index contributed by atoms with van der Waals surface area (Å²) in [6.45, 7) is 0. The first-order valence-corrected chi connectivity index (χ1v) is 10.9. The van der Waals surface area contributed by atoms with Crippen LogP contribution in [-0.4, -0.2) is 10.9 Å². The molecule has 0 saturated heterocycles. The molecule has 1 N–H and O–H groups in total. The van der Waals surface area contributed by atoms with E-state index in [0.717, 1.165) is 26.7 Å². The highest BCUT2D eigenvalue weighted by atomic mass is 79.9. The Labute approximate surface area is 185 Å². The van der Waals surface area contributed by atoms with E-state index >= 15 is 0 Å². The first-order valence-electron chi connectivity index (χ1n) is 9.27. The molecule has 2 heterocycles. The molecule has 0 aliphatic rings. The van der Waals surface area contributed by atoms with Gasteiger partial charge in [0.05, 0.1) is 5.69 Å². The van der Waals surface area contributed by atoms with Crippen molar-refractivity contribution in [1.82, 2.24) is 4.98 Å². The van der Waals surface area contributed by atoms with Gasteiger partial charge in [0.25, 0.3) is 5.91 Å². The summed E-state index contributed by atoms with van der Waals surface area (Å²) in [7, 11) is 0. The molecular weight excluding hydrogens is 460 g/mol. The Hall–Kier alpha value is -3.22. The zero-order valence-electron chi connectivity index (χ0n) is 15.6. The standard InChI is InChI=1S/C24H15BrN2O2S/c25-19-9-7-16(8-10-19)21-11-12-22(29-21)23(28)27-24-26-20(14-30-24)18-6-5-15-3-1-2-4-17(15)13-18/h1-14H,(H,26,27,28). The number of nitrogens with zero attached hydrogens (tertiary/aromatic N) is 1. The molecule has 1 amide bonds. The maximum Gasteiger partial charge on any atom is 0.293 e. The summed E-state index contributed by atoms with van der Waals surface area (Å²) in [6.07, 6.45) is 0. The smallest absolute Gasteiger partial charge is 0.293 e. The molecule has 0 aliphatic carbocycles. The van der Waals surface area contributed by atoms with Crippen LogP contribution in [-0.2, 0) is 0 Å². The highest BCUT2D eigenvalue weighted by molar-refractivity contribution is 9.10. The van der Waals surface area contributed by atoms with E-state index in [9.17, 15) is 4.79 Å². The maximum absolute atomic E-state index is 12.6. The second-order valence-corrected chi connectivity index (χ2v) is 8.50. The van der Waals surface area contributed by atoms with Gasteiger partial charge in [0.2, 0.25) is 0 Å². The number of hydrogen-bond donors (Lipinski definition) is 1. The molecule has 146 valence electrons. The number of fused-ring (bicyclic) bond motifs is 1. The zero-order valence-corrected chi connectivity index (χ0v) is 18.0. The number of aromatic nitrogens is 1. The summed E-state index contributed by atoms with van der Waals surface area (Å²) in [6, 6.07) is 25.6. The van der Waals surface area contributed by atoms with Crippen LogP contribution < -0.4 is 5.32 Å². The molecule has 4 nitrogen and oxygen atoms in total. The number of benzene rings is 3. The number of rotatable bonds is 4. The second-order valence-electron chi connectivity index (χ2n) is 6.72. The van der Waals surface area contributed by atoms with Gasteiger partial charge in [-0.05, 0) is 41.1 Å². The highest BCUT2D eigenvalue weighted by Gasteiger charge is 2.15. The summed E-state index contributed by atoms with van der Waals surface area (Å²) >= 11 is 4.80. The van der Waals surface area contributed by atoms with Crippen LogP contribution in [0.4, 0.5) is 5.13 Å². The molecule has 30 heavy (non-hydrogen) atoms. The summed E-state index contributed by atoms with van der Waals surface area (Å²) in [4.78, 5) is 17.2. The van der Waals surface area contributed by atoms with Gasteiger partial charge in [-0.1, -0.05) is 64.5 Å². The predicted octanol–water partition coefficient (Wildman–Crippen LogP) is 7.24. The fraction of sp³-hybridized carbons (Fsp3) is 0. The van der Waals surface area contributed by atoms with Crippen molar-refractivity contribution >= 4 is 49.1 Å². The number of carbonyl (C=O) groups is 1. The lowest BCUT2D eigenvalue weighted by Gasteiger charge is -2.01. The third-order valence-electron chi connectivity index (χ3n) is 4.73. The molecule has 0 saturated carbocycles. The fourth-order valence-corrected chi connectivity index (χ4v) is 4.18. The van der Waals surface area contributed by atoms with Gasteiger partial charge in [0.15, 0.2) is 10.9 Å². The van der Waals surface area contributed by atoms with Crippen molar-refractivity contribution < 1.29 is 9.21 Å². The van der Waals surface area contributed by atoms with Crippen molar-refractivity contribution in [2.75, 3.05) is 5.32 Å². The van der Waals surface area contributed by atoms with Crippen LogP contribution >= 0.6 is 27.3 Å². The van der Waals surface area contributed by atoms with Crippen LogP contribution in [0.15, 0.2) is 93.1 Å². The molecule has 5 aromatic rings. The van der Waals surface area contributed by atoms with Crippen LogP contribution in [0, 0.1) is 0 Å². The lowest BCUT2D eigenvalue weighted by Crippen LogP contribution is -2.10. The summed E-state index contributed by atoms with van der Waals surface area (Å²) in [5.74, 6) is 0.566. The Morgan fingerprint density at radius 2 is 1.67 bits per heavy atom. The summed E-state index contributed by atoms with van der Waals surface area (Å²) < 4.78 is 6.72. The Kier molecular flexibility index (Phi) is 4.94. The monoisotopic (exact) mass is 474 g/mol. The largest absolute Gasteiger partial charge is 0.451 e. The Morgan fingerprint density at radius 3 is 2.50 bits per heavy atom. The number of carbonyl (C=O) groups excluding carboxylic acids is 1. The van der Waals surface area contributed by atoms with Crippen molar-refractivity contribution in [3.05, 3.63) is 94.5 Å². The number of halogens is 1. The molecular formula is C24H15BrN2O2S. The molecule has 0 radical (unpaired) electrons. The van der Waals surface area contributed by atoms with E-state index < -0.39 is 0 Å². The van der Waals surface area contributed by atoms with Gasteiger partial charge in [-0.3, -0.25) is 10.1 Å². The van der Waals surface area contributed by atoms with Crippen LogP contribution in [0.25, 0.3) is 33.4 Å². The van der Waals surface area contributed by atoms with Crippen molar-refractivity contribution in [3.8, 4) is 22.6 Å². The van der Waals surface area contributed by atoms with Gasteiger partial charge in [-0.25, -0.2) is 4.98 Å². The fourth-order valence-electron chi connectivity index (χ4n) is 3.20. The Morgan fingerprint density at radius 1 is 0.900 bits per heavy atom. The average molecular weight is 475 g/mol. The van der Waals surface area contributed by atoms with Crippen molar-refractivity contribution in [2.24, 2.45) is 0 Å². The minimum atomic E-state index is -0.322. The van der Waals surface area contributed by atoms with Gasteiger partial charge in [-0.2, -0.15) is 0 Å². The van der Waals surface area contributed by atoms with Gasteiger partial charge in [0, 0.05) is 21.0 Å². The van der Waals surface area contributed by atoms with E-state index in [-0.39, 0.29) is 11.7 Å². The molecule has 0 atom stereocenters. The minimum Gasteiger partial charge on any atom is -0.451 e. The van der Waals surface area contributed by atoms with Crippen molar-refractivity contribution in [3.63, 3.8) is 0 Å². The average Bonchev–Trinajstić information content (AvgIpc) is 3.44. The van der Waals surface area contributed by atoms with Crippen molar-refractivity contribution in [2.45, 2.75) is 0 Å². The number of furan rings is 1. The number of amides is 1. The van der Waals surface area contributed by atoms with Gasteiger partial charge in [-0.15, -0.1) is 11.3 Å². The quantitative estimate of drug-likeness (QED) is 0.298. The number of thiazole rings is 1. The predicted molar refractivity (Wildman–Crippen MR) is 125 cm³/mol. The summed E-state index contributed by atoms with van der Waals surface area (Å²) in [5.41, 5.74) is 2.75. The normalized spacial score (nSPS) is 11.0. The molecule has 0 spiro atoms. The SMILES string of the molecule is O=C(Nc1nc(-c2ccc3ccccc3c2)cs1)c1ccc(-c2ccc(Br)cc2)o1. The summed E-state index contributed by atoms with van der Waals surface area (Å²) in [5, 5.41) is 7.64. The lowest BCUT2D eigenvalue weighted by atomic mass is 10.1. The third kappa shape index (κ3) is 3.79. The molecule has 0 bridgehead atoms. The lowest BCUT2D eigenvalue weighted by molar-refractivity contribution is 0.0997. The number of hydrogen-bond acceptors (Lipinski definition) is 4. The van der Waals surface area contributed by atoms with Crippen molar-refractivity contribution in [1.29, 1.82) is 0 Å². The number of nitrogens with one attached hydrogen (secondary N) is 1. The van der Waals surface area contributed by atoms with E-state index in [4.69, 9.17) is 4.42 Å². The van der Waals surface area contributed by atoms with E-state index in [0.29, 0.717) is 10.9 Å². The molecule has 3 aromatic carbocycles. The van der Waals surface area contributed by atoms with Gasteiger partial charge in [0.1, 0.15) is 5.76 Å². The van der Waals surface area contributed by atoms with Crippen LogP contribution in [0.2, 0.25) is 0 Å². The highest BCUT2D eigenvalue weighted by Crippen LogP contribution is 2.29. The molecule has 0 aliphatic heterocycles. The van der Waals surface area contributed by atoms with E-state index in [2.05, 4.69) is 50.5 Å². The van der Waals surface area contributed by atoms with Crippen LogP contribution in [0.1, 0.15) is 10.6 Å². The van der Waals surface area contributed by atoms with E-state index in [1.54, 1.807) is 12.1 Å². The maximum atomic E-state index is 12.6.